The van der Waals surface area contributed by atoms with Crippen molar-refractivity contribution in [2.45, 2.75) is 32.9 Å². The second kappa shape index (κ2) is 15.6. The van der Waals surface area contributed by atoms with Gasteiger partial charge in [-0.2, -0.15) is 0 Å². The van der Waals surface area contributed by atoms with Crippen LogP contribution < -0.4 is 24.8 Å². The van der Waals surface area contributed by atoms with Crippen molar-refractivity contribution >= 4 is 29.9 Å². The summed E-state index contributed by atoms with van der Waals surface area (Å²) in [5.74, 6) is 3.16. The zero-order chi connectivity index (χ0) is 22.5. The molecule has 8 heteroatoms. The lowest BCUT2D eigenvalue weighted by Gasteiger charge is -2.21. The van der Waals surface area contributed by atoms with Crippen molar-refractivity contribution in [3.8, 4) is 17.2 Å². The van der Waals surface area contributed by atoms with Gasteiger partial charge in [-0.15, -0.1) is 24.0 Å². The Morgan fingerprint density at radius 2 is 1.81 bits per heavy atom. The number of guanidine groups is 1. The summed E-state index contributed by atoms with van der Waals surface area (Å²) in [5.41, 5.74) is 2.08. The standard InChI is InChI=1S/C24H35N3O4.HI/c1-6-25-24(27-18(2)22-16-20(29-4)11-12-23(22)30-5)26-17-19-9-7-10-21(15-19)31-14-8-13-28-3;/h7,9-12,15-16,18H,6,8,13-14,17H2,1-5H3,(H2,25,26,27);1H. The topological polar surface area (TPSA) is 73.3 Å². The third kappa shape index (κ3) is 9.12. The van der Waals surface area contributed by atoms with E-state index in [1.165, 1.54) is 0 Å². The molecule has 2 N–H and O–H groups in total. The quantitative estimate of drug-likeness (QED) is 0.173. The van der Waals surface area contributed by atoms with Crippen LogP contribution in [0.3, 0.4) is 0 Å². The van der Waals surface area contributed by atoms with E-state index in [0.717, 1.165) is 47.3 Å². The molecular weight excluding hydrogens is 521 g/mol. The molecule has 0 aliphatic heterocycles. The summed E-state index contributed by atoms with van der Waals surface area (Å²) in [6, 6.07) is 13.8. The van der Waals surface area contributed by atoms with Gasteiger partial charge < -0.3 is 29.6 Å². The molecule has 0 amide bonds. The Kier molecular flexibility index (Phi) is 13.5. The van der Waals surface area contributed by atoms with Crippen LogP contribution in [0.2, 0.25) is 0 Å². The van der Waals surface area contributed by atoms with E-state index in [4.69, 9.17) is 23.9 Å². The van der Waals surface area contributed by atoms with Gasteiger partial charge >= 0.3 is 0 Å². The number of hydrogen-bond donors (Lipinski definition) is 2. The van der Waals surface area contributed by atoms with Crippen molar-refractivity contribution in [3.63, 3.8) is 0 Å². The summed E-state index contributed by atoms with van der Waals surface area (Å²) in [6.45, 7) is 6.73. The van der Waals surface area contributed by atoms with Gasteiger partial charge in [0.15, 0.2) is 5.96 Å². The van der Waals surface area contributed by atoms with Crippen molar-refractivity contribution in [1.82, 2.24) is 10.6 Å². The molecule has 0 radical (unpaired) electrons. The highest BCUT2D eigenvalue weighted by Crippen LogP contribution is 2.29. The number of halogens is 1. The van der Waals surface area contributed by atoms with Gasteiger partial charge in [0.2, 0.25) is 0 Å². The molecule has 178 valence electrons. The molecule has 1 unspecified atom stereocenters. The number of ether oxygens (including phenoxy) is 4. The maximum Gasteiger partial charge on any atom is 0.192 e. The highest BCUT2D eigenvalue weighted by Gasteiger charge is 2.14. The van der Waals surface area contributed by atoms with E-state index in [9.17, 15) is 0 Å². The van der Waals surface area contributed by atoms with Crippen LogP contribution in [0.25, 0.3) is 0 Å². The SMILES string of the molecule is CCNC(=NCc1cccc(OCCCOC)c1)NC(C)c1cc(OC)ccc1OC.I. The van der Waals surface area contributed by atoms with E-state index in [2.05, 4.69) is 17.6 Å². The molecule has 2 aromatic rings. The first kappa shape index (κ1) is 27.8. The molecule has 0 spiro atoms. The Labute approximate surface area is 208 Å². The van der Waals surface area contributed by atoms with Crippen molar-refractivity contribution in [2.75, 3.05) is 41.1 Å². The fourth-order valence-electron chi connectivity index (χ4n) is 3.08. The minimum Gasteiger partial charge on any atom is -0.497 e. The summed E-state index contributed by atoms with van der Waals surface area (Å²) in [6.07, 6.45) is 0.860. The molecule has 7 nitrogen and oxygen atoms in total. The molecule has 0 aliphatic rings. The Morgan fingerprint density at radius 3 is 2.50 bits per heavy atom. The molecule has 32 heavy (non-hydrogen) atoms. The molecule has 1 atom stereocenters. The summed E-state index contributed by atoms with van der Waals surface area (Å²) >= 11 is 0. The molecule has 0 aromatic heterocycles. The molecule has 0 saturated carbocycles. The van der Waals surface area contributed by atoms with E-state index < -0.39 is 0 Å². The Balaban J connectivity index is 0.00000512. The van der Waals surface area contributed by atoms with Gasteiger partial charge in [0.05, 0.1) is 33.4 Å². The normalized spacial score (nSPS) is 11.8. The average molecular weight is 557 g/mol. The first-order valence-electron chi connectivity index (χ1n) is 10.6. The molecule has 2 rings (SSSR count). The third-order valence-electron chi connectivity index (χ3n) is 4.68. The fourth-order valence-corrected chi connectivity index (χ4v) is 3.08. The Morgan fingerprint density at radius 1 is 1.00 bits per heavy atom. The number of nitrogens with one attached hydrogen (secondary N) is 2. The number of rotatable bonds is 12. The van der Waals surface area contributed by atoms with E-state index in [0.29, 0.717) is 19.8 Å². The van der Waals surface area contributed by atoms with Crippen LogP contribution in [-0.4, -0.2) is 47.0 Å². The maximum atomic E-state index is 5.79. The predicted octanol–water partition coefficient (Wildman–Crippen LogP) is 4.55. The summed E-state index contributed by atoms with van der Waals surface area (Å²) < 4.78 is 21.7. The van der Waals surface area contributed by atoms with Crippen molar-refractivity contribution in [1.29, 1.82) is 0 Å². The summed E-state index contributed by atoms with van der Waals surface area (Å²) in [5, 5.41) is 6.76. The molecule has 0 bridgehead atoms. The van der Waals surface area contributed by atoms with Crippen molar-refractivity contribution < 1.29 is 18.9 Å². The summed E-state index contributed by atoms with van der Waals surface area (Å²) in [7, 11) is 5.02. The second-order valence-corrected chi connectivity index (χ2v) is 7.01. The number of aliphatic imine (C=N–C) groups is 1. The van der Waals surface area contributed by atoms with Gasteiger partial charge in [-0.05, 0) is 49.7 Å². The van der Waals surface area contributed by atoms with Crippen molar-refractivity contribution in [3.05, 3.63) is 53.6 Å². The van der Waals surface area contributed by atoms with Crippen LogP contribution in [0, 0.1) is 0 Å². The van der Waals surface area contributed by atoms with Gasteiger partial charge in [-0.1, -0.05) is 12.1 Å². The van der Waals surface area contributed by atoms with E-state index in [1.807, 2.05) is 49.4 Å². The molecule has 0 aliphatic carbocycles. The van der Waals surface area contributed by atoms with Gasteiger partial charge in [0.25, 0.3) is 0 Å². The number of benzene rings is 2. The van der Waals surface area contributed by atoms with Gasteiger partial charge in [-0.25, -0.2) is 4.99 Å². The van der Waals surface area contributed by atoms with Crippen LogP contribution in [0.4, 0.5) is 0 Å². The summed E-state index contributed by atoms with van der Waals surface area (Å²) in [4.78, 5) is 4.74. The number of hydrogen-bond acceptors (Lipinski definition) is 5. The van der Waals surface area contributed by atoms with Gasteiger partial charge in [0.1, 0.15) is 17.2 Å². The third-order valence-corrected chi connectivity index (χ3v) is 4.68. The largest absolute Gasteiger partial charge is 0.497 e. The zero-order valence-corrected chi connectivity index (χ0v) is 22.0. The van der Waals surface area contributed by atoms with Gasteiger partial charge in [-0.3, -0.25) is 0 Å². The monoisotopic (exact) mass is 557 g/mol. The fraction of sp³-hybridized carbons (Fsp3) is 0.458. The first-order chi connectivity index (χ1) is 15.1. The lowest BCUT2D eigenvalue weighted by atomic mass is 10.1. The highest BCUT2D eigenvalue weighted by atomic mass is 127. The minimum atomic E-state index is -0.0293. The first-order valence-corrected chi connectivity index (χ1v) is 10.6. The van der Waals surface area contributed by atoms with Crippen LogP contribution >= 0.6 is 24.0 Å². The molecule has 0 saturated heterocycles. The molecule has 0 heterocycles. The molecular formula is C24H36IN3O4. The van der Waals surface area contributed by atoms with Gasteiger partial charge in [0, 0.05) is 32.2 Å². The Bertz CT molecular complexity index is 833. The lowest BCUT2D eigenvalue weighted by Crippen LogP contribution is -2.38. The number of nitrogens with zero attached hydrogens (tertiary/aromatic N) is 1. The highest BCUT2D eigenvalue weighted by molar-refractivity contribution is 14.0. The Hall–Kier alpha value is -2.20. The van der Waals surface area contributed by atoms with Crippen molar-refractivity contribution in [2.24, 2.45) is 4.99 Å². The average Bonchev–Trinajstić information content (AvgIpc) is 2.80. The predicted molar refractivity (Wildman–Crippen MR) is 140 cm³/mol. The minimum absolute atomic E-state index is 0. The number of methoxy groups -OCH3 is 3. The van der Waals surface area contributed by atoms with E-state index in [-0.39, 0.29) is 30.0 Å². The lowest BCUT2D eigenvalue weighted by molar-refractivity contribution is 0.172. The molecule has 2 aromatic carbocycles. The van der Waals surface area contributed by atoms with Crippen LogP contribution in [0.1, 0.15) is 37.4 Å². The van der Waals surface area contributed by atoms with E-state index in [1.54, 1.807) is 21.3 Å². The maximum absolute atomic E-state index is 5.79. The van der Waals surface area contributed by atoms with Crippen LogP contribution in [-0.2, 0) is 11.3 Å². The molecule has 0 fully saturated rings. The zero-order valence-electron chi connectivity index (χ0n) is 19.6. The van der Waals surface area contributed by atoms with Crippen LogP contribution in [0.15, 0.2) is 47.5 Å². The smallest absolute Gasteiger partial charge is 0.192 e. The van der Waals surface area contributed by atoms with Crippen LogP contribution in [0.5, 0.6) is 17.2 Å². The second-order valence-electron chi connectivity index (χ2n) is 7.01. The van der Waals surface area contributed by atoms with E-state index >= 15 is 0 Å².